The van der Waals surface area contributed by atoms with Crippen LogP contribution >= 0.6 is 22.9 Å². The quantitative estimate of drug-likeness (QED) is 0.650. The predicted octanol–water partition coefficient (Wildman–Crippen LogP) is 5.07. The molecule has 4 nitrogen and oxygen atoms in total. The second kappa shape index (κ2) is 8.35. The Hall–Kier alpha value is -2.34. The monoisotopic (exact) mass is 411 g/mol. The largest absolute Gasteiger partial charge is 0.369 e. The second-order valence-electron chi connectivity index (χ2n) is 6.96. The van der Waals surface area contributed by atoms with Gasteiger partial charge < -0.3 is 15.1 Å². The maximum Gasteiger partial charge on any atom is 0.265 e. The van der Waals surface area contributed by atoms with Crippen LogP contribution in [0.25, 0.3) is 10.4 Å². The number of nitrogens with zero attached hydrogens (tertiary/aromatic N) is 2. The molecule has 1 fully saturated rings. The molecule has 0 unspecified atom stereocenters. The fourth-order valence-corrected chi connectivity index (χ4v) is 4.27. The van der Waals surface area contributed by atoms with Crippen LogP contribution in [0.15, 0.2) is 60.7 Å². The Morgan fingerprint density at radius 1 is 0.929 bits per heavy atom. The number of rotatable bonds is 4. The van der Waals surface area contributed by atoms with Crippen LogP contribution in [0.4, 0.5) is 11.4 Å². The van der Waals surface area contributed by atoms with E-state index in [0.29, 0.717) is 9.90 Å². The highest BCUT2D eigenvalue weighted by Crippen LogP contribution is 2.29. The van der Waals surface area contributed by atoms with E-state index in [1.54, 1.807) is 0 Å². The zero-order valence-electron chi connectivity index (χ0n) is 15.7. The Labute approximate surface area is 174 Å². The first-order valence-electron chi connectivity index (χ1n) is 9.29. The van der Waals surface area contributed by atoms with Gasteiger partial charge in [0.2, 0.25) is 0 Å². The molecule has 6 heteroatoms. The molecule has 1 saturated heterocycles. The molecule has 0 radical (unpaired) electrons. The summed E-state index contributed by atoms with van der Waals surface area (Å²) in [5.41, 5.74) is 3.07. The molecule has 0 aliphatic carbocycles. The maximum atomic E-state index is 12.6. The molecule has 0 bridgehead atoms. The zero-order chi connectivity index (χ0) is 19.5. The van der Waals surface area contributed by atoms with E-state index in [0.717, 1.165) is 42.3 Å². The van der Waals surface area contributed by atoms with E-state index in [2.05, 4.69) is 34.3 Å². The Morgan fingerprint density at radius 3 is 2.29 bits per heavy atom. The third-order valence-electron chi connectivity index (χ3n) is 4.95. The topological polar surface area (TPSA) is 35.6 Å². The van der Waals surface area contributed by atoms with E-state index < -0.39 is 0 Å². The second-order valence-corrected chi connectivity index (χ2v) is 8.48. The molecule has 2 aromatic carbocycles. The average Bonchev–Trinajstić information content (AvgIpc) is 3.20. The van der Waals surface area contributed by atoms with Gasteiger partial charge in [0, 0.05) is 47.5 Å². The number of thiophene rings is 1. The van der Waals surface area contributed by atoms with E-state index in [9.17, 15) is 4.79 Å². The normalized spacial score (nSPS) is 14.9. The molecule has 1 aliphatic rings. The first-order valence-corrected chi connectivity index (χ1v) is 10.5. The number of likely N-dealkylation sites (N-methyl/N-ethyl adjacent to an activating group) is 1. The first-order chi connectivity index (χ1) is 13.6. The van der Waals surface area contributed by atoms with Crippen molar-refractivity contribution in [3.63, 3.8) is 0 Å². The highest BCUT2D eigenvalue weighted by atomic mass is 35.5. The van der Waals surface area contributed by atoms with Gasteiger partial charge in [-0.25, -0.2) is 0 Å². The molecular weight excluding hydrogens is 390 g/mol. The number of hydrogen-bond donors (Lipinski definition) is 1. The maximum absolute atomic E-state index is 12.6. The van der Waals surface area contributed by atoms with Gasteiger partial charge in [0.1, 0.15) is 0 Å². The van der Waals surface area contributed by atoms with Gasteiger partial charge in [-0.2, -0.15) is 0 Å². The Morgan fingerprint density at radius 2 is 1.61 bits per heavy atom. The van der Waals surface area contributed by atoms with Crippen LogP contribution in [0.3, 0.4) is 0 Å². The van der Waals surface area contributed by atoms with Crippen molar-refractivity contribution in [2.24, 2.45) is 0 Å². The molecule has 1 aromatic heterocycles. The van der Waals surface area contributed by atoms with Crippen LogP contribution < -0.4 is 10.2 Å². The minimum absolute atomic E-state index is 0.0856. The first kappa shape index (κ1) is 19.0. The number of piperazine rings is 1. The average molecular weight is 412 g/mol. The van der Waals surface area contributed by atoms with Gasteiger partial charge in [-0.15, -0.1) is 11.3 Å². The number of hydrogen-bond acceptors (Lipinski definition) is 4. The van der Waals surface area contributed by atoms with Crippen LogP contribution in [0, 0.1) is 0 Å². The molecule has 1 N–H and O–H groups in total. The molecular formula is C22H22ClN3OS. The van der Waals surface area contributed by atoms with Gasteiger partial charge in [0.15, 0.2) is 0 Å². The van der Waals surface area contributed by atoms with Gasteiger partial charge >= 0.3 is 0 Å². The summed E-state index contributed by atoms with van der Waals surface area (Å²) in [6.07, 6.45) is 0. The van der Waals surface area contributed by atoms with Crippen LogP contribution in [0.2, 0.25) is 5.02 Å². The van der Waals surface area contributed by atoms with E-state index in [-0.39, 0.29) is 5.91 Å². The summed E-state index contributed by atoms with van der Waals surface area (Å²) in [6, 6.07) is 19.6. The number of benzene rings is 2. The minimum Gasteiger partial charge on any atom is -0.369 e. The molecule has 28 heavy (non-hydrogen) atoms. The summed E-state index contributed by atoms with van der Waals surface area (Å²) in [5, 5.41) is 3.70. The van der Waals surface area contributed by atoms with Crippen molar-refractivity contribution >= 4 is 40.2 Å². The lowest BCUT2D eigenvalue weighted by Gasteiger charge is -2.34. The third kappa shape index (κ3) is 4.38. The number of halogens is 1. The number of carbonyl (C=O) groups is 1. The molecule has 2 heterocycles. The SMILES string of the molecule is CN1CCN(c2ccc(NC(=O)c3ccc(-c4ccc(Cl)cc4)s3)cc2)CC1. The molecule has 1 aliphatic heterocycles. The molecule has 0 saturated carbocycles. The lowest BCUT2D eigenvalue weighted by atomic mass is 10.2. The Balaban J connectivity index is 1.40. The van der Waals surface area contributed by atoms with Crippen molar-refractivity contribution in [3.05, 3.63) is 70.6 Å². The fourth-order valence-electron chi connectivity index (χ4n) is 3.24. The van der Waals surface area contributed by atoms with Gasteiger partial charge in [0.05, 0.1) is 4.88 Å². The van der Waals surface area contributed by atoms with Crippen LogP contribution in [-0.2, 0) is 0 Å². The van der Waals surface area contributed by atoms with Crippen molar-refractivity contribution < 1.29 is 4.79 Å². The van der Waals surface area contributed by atoms with E-state index in [1.165, 1.54) is 17.0 Å². The molecule has 0 spiro atoms. The predicted molar refractivity (Wildman–Crippen MR) is 119 cm³/mol. The number of carbonyl (C=O) groups excluding carboxylic acids is 1. The van der Waals surface area contributed by atoms with Crippen LogP contribution in [0.1, 0.15) is 9.67 Å². The standard InChI is InChI=1S/C22H22ClN3OS/c1-25-12-14-26(15-13-25)19-8-6-18(7-9-19)24-22(27)21-11-10-20(28-21)16-2-4-17(23)5-3-16/h2-11H,12-15H2,1H3,(H,24,27). The summed E-state index contributed by atoms with van der Waals surface area (Å²) < 4.78 is 0. The molecule has 3 aromatic rings. The molecule has 0 atom stereocenters. The van der Waals surface area contributed by atoms with Crippen molar-refractivity contribution in [2.75, 3.05) is 43.4 Å². The van der Waals surface area contributed by atoms with E-state index in [4.69, 9.17) is 11.6 Å². The number of nitrogens with one attached hydrogen (secondary N) is 1. The summed E-state index contributed by atoms with van der Waals surface area (Å²) >= 11 is 7.42. The van der Waals surface area contributed by atoms with Crippen LogP contribution in [-0.4, -0.2) is 44.0 Å². The van der Waals surface area contributed by atoms with Gasteiger partial charge in [-0.05, 0) is 61.1 Å². The zero-order valence-corrected chi connectivity index (χ0v) is 17.3. The lowest BCUT2D eigenvalue weighted by Crippen LogP contribution is -2.44. The summed E-state index contributed by atoms with van der Waals surface area (Å²) in [5.74, 6) is -0.0856. The summed E-state index contributed by atoms with van der Waals surface area (Å²) in [7, 11) is 2.15. The summed E-state index contributed by atoms with van der Waals surface area (Å²) in [6.45, 7) is 4.22. The van der Waals surface area contributed by atoms with E-state index >= 15 is 0 Å². The number of amides is 1. The van der Waals surface area contributed by atoms with Crippen molar-refractivity contribution in [1.82, 2.24) is 4.90 Å². The fraction of sp³-hybridized carbons (Fsp3) is 0.227. The minimum atomic E-state index is -0.0856. The highest BCUT2D eigenvalue weighted by Gasteiger charge is 2.15. The molecule has 1 amide bonds. The number of anilines is 2. The van der Waals surface area contributed by atoms with Gasteiger partial charge in [-0.1, -0.05) is 23.7 Å². The Kier molecular flexibility index (Phi) is 5.67. The smallest absolute Gasteiger partial charge is 0.265 e. The van der Waals surface area contributed by atoms with Gasteiger partial charge in [0.25, 0.3) is 5.91 Å². The van der Waals surface area contributed by atoms with Crippen molar-refractivity contribution in [2.45, 2.75) is 0 Å². The van der Waals surface area contributed by atoms with Crippen molar-refractivity contribution in [3.8, 4) is 10.4 Å². The van der Waals surface area contributed by atoms with Crippen molar-refractivity contribution in [1.29, 1.82) is 0 Å². The highest BCUT2D eigenvalue weighted by molar-refractivity contribution is 7.17. The van der Waals surface area contributed by atoms with Gasteiger partial charge in [-0.3, -0.25) is 4.79 Å². The Bertz CT molecular complexity index is 945. The molecule has 144 valence electrons. The summed E-state index contributed by atoms with van der Waals surface area (Å²) in [4.78, 5) is 19.1. The lowest BCUT2D eigenvalue weighted by molar-refractivity contribution is 0.103. The molecule has 4 rings (SSSR count). The third-order valence-corrected chi connectivity index (χ3v) is 6.34. The van der Waals surface area contributed by atoms with E-state index in [1.807, 2.05) is 48.5 Å². The van der Waals surface area contributed by atoms with Crippen LogP contribution in [0.5, 0.6) is 0 Å².